The van der Waals surface area contributed by atoms with Gasteiger partial charge in [0.05, 0.1) is 0 Å². The van der Waals surface area contributed by atoms with Crippen LogP contribution < -0.4 is 10.2 Å². The van der Waals surface area contributed by atoms with Crippen LogP contribution in [0, 0.1) is 5.92 Å². The summed E-state index contributed by atoms with van der Waals surface area (Å²) in [5.74, 6) is 0.466. The van der Waals surface area contributed by atoms with Gasteiger partial charge in [0.2, 0.25) is 0 Å². The van der Waals surface area contributed by atoms with Crippen molar-refractivity contribution >= 4 is 11.6 Å². The van der Waals surface area contributed by atoms with E-state index in [4.69, 9.17) is 0 Å². The Morgan fingerprint density at radius 1 is 1.12 bits per heavy atom. The van der Waals surface area contributed by atoms with Crippen molar-refractivity contribution in [2.75, 3.05) is 11.4 Å². The molecular weight excluding hydrogens is 310 g/mol. The molecule has 0 unspecified atom stereocenters. The Kier molecular flexibility index (Phi) is 6.99. The standard InChI is InChI=1S/C21H29N3O/c1-16(2)10-12-23-21(25)20-14-19(11-13-22-20)24(17(3)4)15-18-8-6-5-7-9-18/h5-9,11,13-14,16-17H,10,12,15H2,1-4H3,(H,23,25). The fourth-order valence-electron chi connectivity index (χ4n) is 2.64. The molecule has 1 N–H and O–H groups in total. The van der Waals surface area contributed by atoms with E-state index in [1.54, 1.807) is 6.20 Å². The zero-order valence-electron chi connectivity index (χ0n) is 15.7. The Morgan fingerprint density at radius 2 is 1.84 bits per heavy atom. The number of benzene rings is 1. The molecular formula is C21H29N3O. The van der Waals surface area contributed by atoms with Crippen molar-refractivity contribution in [3.8, 4) is 0 Å². The van der Waals surface area contributed by atoms with Crippen molar-refractivity contribution in [2.24, 2.45) is 5.92 Å². The van der Waals surface area contributed by atoms with Crippen LogP contribution in [0.25, 0.3) is 0 Å². The molecule has 2 rings (SSSR count). The Balaban J connectivity index is 2.12. The van der Waals surface area contributed by atoms with Gasteiger partial charge < -0.3 is 10.2 Å². The van der Waals surface area contributed by atoms with Gasteiger partial charge in [0.1, 0.15) is 5.69 Å². The third kappa shape index (κ3) is 5.89. The molecule has 0 saturated heterocycles. The lowest BCUT2D eigenvalue weighted by Gasteiger charge is -2.29. The van der Waals surface area contributed by atoms with Gasteiger partial charge in [-0.2, -0.15) is 0 Å². The molecule has 2 aromatic rings. The Hall–Kier alpha value is -2.36. The summed E-state index contributed by atoms with van der Waals surface area (Å²) in [5, 5.41) is 2.96. The number of carbonyl (C=O) groups is 1. The van der Waals surface area contributed by atoms with Crippen LogP contribution in [0.3, 0.4) is 0 Å². The minimum atomic E-state index is -0.106. The molecule has 0 radical (unpaired) electrons. The van der Waals surface area contributed by atoms with Crippen LogP contribution in [-0.2, 0) is 6.54 Å². The maximum absolute atomic E-state index is 12.3. The third-order valence-corrected chi connectivity index (χ3v) is 4.13. The number of aromatic nitrogens is 1. The van der Waals surface area contributed by atoms with Crippen molar-refractivity contribution in [3.63, 3.8) is 0 Å². The molecule has 1 aromatic carbocycles. The summed E-state index contributed by atoms with van der Waals surface area (Å²) in [4.78, 5) is 18.9. The van der Waals surface area contributed by atoms with Crippen molar-refractivity contribution in [1.82, 2.24) is 10.3 Å². The molecule has 0 atom stereocenters. The highest BCUT2D eigenvalue weighted by molar-refractivity contribution is 5.93. The van der Waals surface area contributed by atoms with E-state index in [1.165, 1.54) is 5.56 Å². The smallest absolute Gasteiger partial charge is 0.269 e. The van der Waals surface area contributed by atoms with Crippen LogP contribution in [0.15, 0.2) is 48.7 Å². The maximum atomic E-state index is 12.3. The van der Waals surface area contributed by atoms with Gasteiger partial charge in [-0.1, -0.05) is 44.2 Å². The first-order valence-electron chi connectivity index (χ1n) is 9.02. The van der Waals surface area contributed by atoms with E-state index in [2.05, 4.69) is 55.0 Å². The molecule has 134 valence electrons. The summed E-state index contributed by atoms with van der Waals surface area (Å²) in [6, 6.07) is 14.5. The van der Waals surface area contributed by atoms with E-state index >= 15 is 0 Å². The summed E-state index contributed by atoms with van der Waals surface area (Å²) < 4.78 is 0. The van der Waals surface area contributed by atoms with Gasteiger partial charge in [0.25, 0.3) is 5.91 Å². The lowest BCUT2D eigenvalue weighted by molar-refractivity contribution is 0.0947. The first kappa shape index (κ1) is 19.0. The van der Waals surface area contributed by atoms with Gasteiger partial charge in [-0.3, -0.25) is 9.78 Å². The number of rotatable bonds is 8. The molecule has 4 nitrogen and oxygen atoms in total. The SMILES string of the molecule is CC(C)CCNC(=O)c1cc(N(Cc2ccccc2)C(C)C)ccn1. The van der Waals surface area contributed by atoms with Gasteiger partial charge in [-0.15, -0.1) is 0 Å². The average molecular weight is 339 g/mol. The second-order valence-electron chi connectivity index (χ2n) is 7.04. The van der Waals surface area contributed by atoms with Crippen molar-refractivity contribution in [3.05, 3.63) is 59.9 Å². The van der Waals surface area contributed by atoms with E-state index in [9.17, 15) is 4.79 Å². The quantitative estimate of drug-likeness (QED) is 0.781. The number of nitrogens with one attached hydrogen (secondary N) is 1. The second kappa shape index (κ2) is 9.21. The fourth-order valence-corrected chi connectivity index (χ4v) is 2.64. The molecule has 0 fully saturated rings. The highest BCUT2D eigenvalue weighted by Gasteiger charge is 2.14. The molecule has 0 saturated carbocycles. The van der Waals surface area contributed by atoms with Gasteiger partial charge in [-0.05, 0) is 43.9 Å². The van der Waals surface area contributed by atoms with Gasteiger partial charge in [-0.25, -0.2) is 0 Å². The number of nitrogens with zero attached hydrogens (tertiary/aromatic N) is 2. The van der Waals surface area contributed by atoms with E-state index in [0.717, 1.165) is 18.7 Å². The topological polar surface area (TPSA) is 45.2 Å². The highest BCUT2D eigenvalue weighted by atomic mass is 16.1. The van der Waals surface area contributed by atoms with Crippen molar-refractivity contribution < 1.29 is 4.79 Å². The second-order valence-corrected chi connectivity index (χ2v) is 7.04. The molecule has 0 aliphatic rings. The molecule has 0 aliphatic carbocycles. The van der Waals surface area contributed by atoms with Crippen LogP contribution in [0.2, 0.25) is 0 Å². The first-order chi connectivity index (χ1) is 12.0. The number of amides is 1. The largest absolute Gasteiger partial charge is 0.365 e. The van der Waals surface area contributed by atoms with Crippen LogP contribution in [0.4, 0.5) is 5.69 Å². The Bertz CT molecular complexity index is 668. The number of anilines is 1. The Labute approximate surface area is 151 Å². The molecule has 0 spiro atoms. The van der Waals surface area contributed by atoms with Crippen LogP contribution in [-0.4, -0.2) is 23.5 Å². The minimum Gasteiger partial charge on any atom is -0.365 e. The predicted octanol–water partition coefficient (Wildman–Crippen LogP) is 4.27. The number of carbonyl (C=O) groups excluding carboxylic acids is 1. The van der Waals surface area contributed by atoms with Crippen LogP contribution in [0.5, 0.6) is 0 Å². The van der Waals surface area contributed by atoms with E-state index in [-0.39, 0.29) is 5.91 Å². The normalized spacial score (nSPS) is 11.0. The zero-order chi connectivity index (χ0) is 18.2. The molecule has 0 aliphatic heterocycles. The van der Waals surface area contributed by atoms with E-state index in [0.29, 0.717) is 24.2 Å². The number of pyridine rings is 1. The van der Waals surface area contributed by atoms with Gasteiger partial charge in [0.15, 0.2) is 0 Å². The number of hydrogen-bond acceptors (Lipinski definition) is 3. The Morgan fingerprint density at radius 3 is 2.48 bits per heavy atom. The molecule has 0 bridgehead atoms. The van der Waals surface area contributed by atoms with Crippen LogP contribution >= 0.6 is 0 Å². The summed E-state index contributed by atoms with van der Waals surface area (Å²) >= 11 is 0. The minimum absolute atomic E-state index is 0.106. The third-order valence-electron chi connectivity index (χ3n) is 4.13. The molecule has 1 amide bonds. The summed E-state index contributed by atoms with van der Waals surface area (Å²) in [5.41, 5.74) is 2.73. The lowest BCUT2D eigenvalue weighted by Crippen LogP contribution is -2.31. The van der Waals surface area contributed by atoms with E-state index < -0.39 is 0 Å². The lowest BCUT2D eigenvalue weighted by atomic mass is 10.1. The molecule has 4 heteroatoms. The van der Waals surface area contributed by atoms with Gasteiger partial charge in [0, 0.05) is 31.0 Å². The zero-order valence-corrected chi connectivity index (χ0v) is 15.7. The summed E-state index contributed by atoms with van der Waals surface area (Å²) in [6.07, 6.45) is 2.69. The molecule has 25 heavy (non-hydrogen) atoms. The number of hydrogen-bond donors (Lipinski definition) is 1. The van der Waals surface area contributed by atoms with Gasteiger partial charge >= 0.3 is 0 Å². The molecule has 1 heterocycles. The summed E-state index contributed by atoms with van der Waals surface area (Å²) in [7, 11) is 0. The average Bonchev–Trinajstić information content (AvgIpc) is 2.60. The predicted molar refractivity (Wildman–Crippen MR) is 104 cm³/mol. The van der Waals surface area contributed by atoms with Crippen molar-refractivity contribution in [1.29, 1.82) is 0 Å². The van der Waals surface area contributed by atoms with Crippen LogP contribution in [0.1, 0.15) is 50.2 Å². The summed E-state index contributed by atoms with van der Waals surface area (Å²) in [6.45, 7) is 10.1. The highest BCUT2D eigenvalue weighted by Crippen LogP contribution is 2.20. The van der Waals surface area contributed by atoms with Crippen molar-refractivity contribution in [2.45, 2.75) is 46.7 Å². The maximum Gasteiger partial charge on any atom is 0.269 e. The monoisotopic (exact) mass is 339 g/mol. The van der Waals surface area contributed by atoms with E-state index in [1.807, 2.05) is 30.3 Å². The first-order valence-corrected chi connectivity index (χ1v) is 9.02. The molecule has 1 aromatic heterocycles. The fraction of sp³-hybridized carbons (Fsp3) is 0.429.